The average molecular weight is 281 g/mol. The summed E-state index contributed by atoms with van der Waals surface area (Å²) in [6.07, 6.45) is 2.04. The van der Waals surface area contributed by atoms with E-state index in [-0.39, 0.29) is 23.6 Å². The van der Waals surface area contributed by atoms with Crippen molar-refractivity contribution in [1.29, 1.82) is 0 Å². The van der Waals surface area contributed by atoms with Crippen LogP contribution in [0.2, 0.25) is 0 Å². The fraction of sp³-hybridized carbons (Fsp3) is 0.188. The molecule has 0 fully saturated rings. The maximum atomic E-state index is 12.2. The normalized spacial score (nSPS) is 15.2. The van der Waals surface area contributed by atoms with E-state index >= 15 is 0 Å². The smallest absolute Gasteiger partial charge is 0.280 e. The van der Waals surface area contributed by atoms with Crippen LogP contribution in [0.1, 0.15) is 38.9 Å². The Morgan fingerprint density at radius 1 is 1.05 bits per heavy atom. The summed E-state index contributed by atoms with van der Waals surface area (Å²) in [6, 6.07) is 12.7. The van der Waals surface area contributed by atoms with Gasteiger partial charge in [0.1, 0.15) is 5.69 Å². The number of benzene rings is 1. The van der Waals surface area contributed by atoms with Gasteiger partial charge in [-0.25, -0.2) is 0 Å². The molecule has 1 aliphatic rings. The predicted molar refractivity (Wildman–Crippen MR) is 77.6 cm³/mol. The number of pyridine rings is 1. The van der Waals surface area contributed by atoms with E-state index in [1.807, 2.05) is 30.3 Å². The zero-order valence-electron chi connectivity index (χ0n) is 11.4. The first-order chi connectivity index (χ1) is 10.2. The molecule has 2 amide bonds. The Hall–Kier alpha value is -2.53. The first-order valence-electron chi connectivity index (χ1n) is 6.80. The molecule has 2 aromatic rings. The Labute approximate surface area is 122 Å². The van der Waals surface area contributed by atoms with E-state index in [0.717, 1.165) is 5.56 Å². The molecule has 2 heterocycles. The van der Waals surface area contributed by atoms with Crippen LogP contribution in [0.5, 0.6) is 0 Å². The number of aromatic nitrogens is 1. The molecule has 1 aromatic heterocycles. The van der Waals surface area contributed by atoms with Crippen molar-refractivity contribution in [3.05, 3.63) is 65.5 Å². The molecule has 5 heteroatoms. The Morgan fingerprint density at radius 2 is 1.81 bits per heavy atom. The van der Waals surface area contributed by atoms with Crippen LogP contribution in [-0.2, 0) is 0 Å². The summed E-state index contributed by atoms with van der Waals surface area (Å²) in [5, 5.41) is 0. The molecular formula is C16H15N3O2. The lowest BCUT2D eigenvalue weighted by atomic mass is 10.0. The van der Waals surface area contributed by atoms with Crippen LogP contribution < -0.4 is 5.73 Å². The van der Waals surface area contributed by atoms with Gasteiger partial charge in [-0.05, 0) is 24.1 Å². The fourth-order valence-corrected chi connectivity index (χ4v) is 2.45. The lowest BCUT2D eigenvalue weighted by Gasteiger charge is -2.17. The van der Waals surface area contributed by atoms with Gasteiger partial charge in [0.05, 0.1) is 5.56 Å². The molecule has 1 unspecified atom stereocenters. The van der Waals surface area contributed by atoms with E-state index in [2.05, 4.69) is 4.98 Å². The third kappa shape index (κ3) is 2.43. The van der Waals surface area contributed by atoms with Crippen LogP contribution in [0.15, 0.2) is 48.7 Å². The molecule has 1 aromatic carbocycles. The van der Waals surface area contributed by atoms with Crippen molar-refractivity contribution < 1.29 is 9.59 Å². The Bertz CT molecular complexity index is 650. The number of nitrogens with two attached hydrogens (primary N) is 1. The fourth-order valence-electron chi connectivity index (χ4n) is 2.45. The molecule has 0 saturated carbocycles. The minimum Gasteiger partial charge on any atom is -0.324 e. The van der Waals surface area contributed by atoms with Crippen molar-refractivity contribution in [3.63, 3.8) is 0 Å². The number of hydrogen-bond acceptors (Lipinski definition) is 4. The van der Waals surface area contributed by atoms with Gasteiger partial charge in [0.25, 0.3) is 11.8 Å². The second-order valence-electron chi connectivity index (χ2n) is 4.97. The van der Waals surface area contributed by atoms with Gasteiger partial charge in [-0.2, -0.15) is 0 Å². The standard InChI is InChI=1S/C16H15N3O2/c17-13(11-5-2-1-3-6-11)8-10-19-15(20)12-7-4-9-18-14(12)16(19)21/h1-7,9,13H,8,10,17H2. The second-order valence-corrected chi connectivity index (χ2v) is 4.97. The lowest BCUT2D eigenvalue weighted by molar-refractivity contribution is 0.0648. The molecule has 0 bridgehead atoms. The number of hydrogen-bond donors (Lipinski definition) is 1. The Balaban J connectivity index is 1.70. The maximum Gasteiger partial charge on any atom is 0.280 e. The summed E-state index contributed by atoms with van der Waals surface area (Å²) in [5.41, 5.74) is 7.70. The molecule has 21 heavy (non-hydrogen) atoms. The zero-order chi connectivity index (χ0) is 14.8. The third-order valence-corrected chi connectivity index (χ3v) is 3.62. The molecule has 0 spiro atoms. The van der Waals surface area contributed by atoms with Gasteiger partial charge in [-0.3, -0.25) is 19.5 Å². The van der Waals surface area contributed by atoms with Crippen LogP contribution in [0, 0.1) is 0 Å². The molecule has 1 atom stereocenters. The topological polar surface area (TPSA) is 76.3 Å². The number of amides is 2. The van der Waals surface area contributed by atoms with E-state index in [1.165, 1.54) is 11.1 Å². The quantitative estimate of drug-likeness (QED) is 0.866. The van der Waals surface area contributed by atoms with Crippen LogP contribution in [0.25, 0.3) is 0 Å². The van der Waals surface area contributed by atoms with Crippen molar-refractivity contribution in [2.24, 2.45) is 5.73 Å². The molecule has 0 radical (unpaired) electrons. The highest BCUT2D eigenvalue weighted by atomic mass is 16.2. The molecule has 0 aliphatic carbocycles. The first-order valence-corrected chi connectivity index (χ1v) is 6.80. The van der Waals surface area contributed by atoms with E-state index in [1.54, 1.807) is 12.1 Å². The molecule has 5 nitrogen and oxygen atoms in total. The van der Waals surface area contributed by atoms with E-state index < -0.39 is 0 Å². The van der Waals surface area contributed by atoms with Crippen LogP contribution in [-0.4, -0.2) is 28.2 Å². The molecule has 2 N–H and O–H groups in total. The van der Waals surface area contributed by atoms with Gasteiger partial charge in [-0.1, -0.05) is 30.3 Å². The summed E-state index contributed by atoms with van der Waals surface area (Å²) in [7, 11) is 0. The SMILES string of the molecule is NC(CCN1C(=O)c2cccnc2C1=O)c1ccccc1. The summed E-state index contributed by atoms with van der Waals surface area (Å²) in [4.78, 5) is 29.5. The summed E-state index contributed by atoms with van der Waals surface area (Å²) in [6.45, 7) is 0.296. The van der Waals surface area contributed by atoms with Crippen molar-refractivity contribution >= 4 is 11.8 Å². The predicted octanol–water partition coefficient (Wildman–Crippen LogP) is 1.77. The molecule has 106 valence electrons. The number of imide groups is 1. The van der Waals surface area contributed by atoms with Crippen molar-refractivity contribution in [1.82, 2.24) is 9.88 Å². The Kier molecular flexibility index (Phi) is 3.50. The van der Waals surface area contributed by atoms with Crippen LogP contribution in [0.3, 0.4) is 0 Å². The highest BCUT2D eigenvalue weighted by Crippen LogP contribution is 2.22. The van der Waals surface area contributed by atoms with Gasteiger partial charge in [-0.15, -0.1) is 0 Å². The maximum absolute atomic E-state index is 12.2. The summed E-state index contributed by atoms with van der Waals surface area (Å²) in [5.74, 6) is -0.626. The number of fused-ring (bicyclic) bond motifs is 1. The molecular weight excluding hydrogens is 266 g/mol. The monoisotopic (exact) mass is 281 g/mol. The molecule has 0 saturated heterocycles. The second kappa shape index (κ2) is 5.46. The minimum atomic E-state index is -0.337. The Morgan fingerprint density at radius 3 is 2.52 bits per heavy atom. The molecule has 1 aliphatic heterocycles. The number of carbonyl (C=O) groups excluding carboxylic acids is 2. The zero-order valence-corrected chi connectivity index (χ0v) is 11.4. The largest absolute Gasteiger partial charge is 0.324 e. The van der Waals surface area contributed by atoms with Crippen molar-refractivity contribution in [2.75, 3.05) is 6.54 Å². The van der Waals surface area contributed by atoms with Gasteiger partial charge < -0.3 is 5.73 Å². The lowest BCUT2D eigenvalue weighted by Crippen LogP contribution is -2.32. The third-order valence-electron chi connectivity index (χ3n) is 3.62. The molecule has 3 rings (SSSR count). The van der Waals surface area contributed by atoms with Gasteiger partial charge in [0.15, 0.2) is 0 Å². The first kappa shape index (κ1) is 13.5. The number of carbonyl (C=O) groups is 2. The van der Waals surface area contributed by atoms with Crippen LogP contribution >= 0.6 is 0 Å². The van der Waals surface area contributed by atoms with E-state index in [9.17, 15) is 9.59 Å². The minimum absolute atomic E-state index is 0.205. The average Bonchev–Trinajstić information content (AvgIpc) is 2.78. The van der Waals surface area contributed by atoms with Crippen LogP contribution in [0.4, 0.5) is 0 Å². The van der Waals surface area contributed by atoms with Crippen molar-refractivity contribution in [2.45, 2.75) is 12.5 Å². The highest BCUT2D eigenvalue weighted by molar-refractivity contribution is 6.20. The van der Waals surface area contributed by atoms with E-state index in [0.29, 0.717) is 18.5 Å². The van der Waals surface area contributed by atoms with Crippen molar-refractivity contribution in [3.8, 4) is 0 Å². The highest BCUT2D eigenvalue weighted by Gasteiger charge is 2.36. The van der Waals surface area contributed by atoms with E-state index in [4.69, 9.17) is 5.73 Å². The van der Waals surface area contributed by atoms with Gasteiger partial charge >= 0.3 is 0 Å². The van der Waals surface area contributed by atoms with Gasteiger partial charge in [0, 0.05) is 18.8 Å². The summed E-state index contributed by atoms with van der Waals surface area (Å²) >= 11 is 0. The summed E-state index contributed by atoms with van der Waals surface area (Å²) < 4.78 is 0. The number of rotatable bonds is 4. The van der Waals surface area contributed by atoms with Gasteiger partial charge in [0.2, 0.25) is 0 Å². The number of nitrogens with zero attached hydrogens (tertiary/aromatic N) is 2.